The number of hydrogen-bond acceptors (Lipinski definition) is 3. The largest absolute Gasteiger partial charge is 0.366 e. The molecule has 0 spiro atoms. The molecule has 1 saturated heterocycles. The Morgan fingerprint density at radius 3 is 2.32 bits per heavy atom. The van der Waals surface area contributed by atoms with E-state index in [1.807, 2.05) is 13.8 Å². The van der Waals surface area contributed by atoms with Crippen LogP contribution in [0.5, 0.6) is 0 Å². The first-order valence-corrected chi connectivity index (χ1v) is 7.17. The van der Waals surface area contributed by atoms with Crippen molar-refractivity contribution in [1.82, 2.24) is 9.13 Å². The van der Waals surface area contributed by atoms with Gasteiger partial charge in [-0.25, -0.2) is 4.79 Å². The monoisotopic (exact) mass is 265 g/mol. The van der Waals surface area contributed by atoms with Gasteiger partial charge < -0.3 is 4.90 Å². The second kappa shape index (κ2) is 5.63. The van der Waals surface area contributed by atoms with Gasteiger partial charge in [-0.05, 0) is 32.6 Å². The number of aryl methyl sites for hydroxylation is 1. The number of rotatable bonds is 3. The van der Waals surface area contributed by atoms with E-state index < -0.39 is 0 Å². The molecule has 1 aliphatic rings. The van der Waals surface area contributed by atoms with Gasteiger partial charge in [0.25, 0.3) is 5.56 Å². The van der Waals surface area contributed by atoms with Crippen molar-refractivity contribution in [2.24, 2.45) is 5.92 Å². The first kappa shape index (κ1) is 13.9. The van der Waals surface area contributed by atoms with Crippen LogP contribution < -0.4 is 16.1 Å². The lowest BCUT2D eigenvalue weighted by molar-refractivity contribution is 0.435. The summed E-state index contributed by atoms with van der Waals surface area (Å²) in [6, 6.07) is 0. The minimum atomic E-state index is -0.205. The van der Waals surface area contributed by atoms with Crippen LogP contribution in [0.2, 0.25) is 0 Å². The molecular formula is C14H23N3O2. The van der Waals surface area contributed by atoms with Gasteiger partial charge in [-0.15, -0.1) is 0 Å². The van der Waals surface area contributed by atoms with Gasteiger partial charge in [0.05, 0.1) is 0 Å². The molecule has 0 bridgehead atoms. The molecule has 1 fully saturated rings. The minimum Gasteiger partial charge on any atom is -0.366 e. The molecule has 2 rings (SSSR count). The zero-order valence-corrected chi connectivity index (χ0v) is 12.1. The second-order valence-corrected chi connectivity index (χ2v) is 5.30. The van der Waals surface area contributed by atoms with E-state index in [9.17, 15) is 9.59 Å². The summed E-state index contributed by atoms with van der Waals surface area (Å²) >= 11 is 0. The van der Waals surface area contributed by atoms with E-state index in [-0.39, 0.29) is 11.2 Å². The van der Waals surface area contributed by atoms with Gasteiger partial charge in [0.15, 0.2) is 0 Å². The minimum absolute atomic E-state index is 0.147. The lowest BCUT2D eigenvalue weighted by Gasteiger charge is -2.32. The van der Waals surface area contributed by atoms with Gasteiger partial charge in [0, 0.05) is 32.4 Å². The Labute approximate surface area is 113 Å². The molecule has 0 unspecified atom stereocenters. The highest BCUT2D eigenvalue weighted by molar-refractivity contribution is 5.42. The maximum Gasteiger partial charge on any atom is 0.331 e. The van der Waals surface area contributed by atoms with Gasteiger partial charge in [0.1, 0.15) is 5.69 Å². The summed E-state index contributed by atoms with van der Waals surface area (Å²) in [5.74, 6) is 0.724. The number of piperidine rings is 1. The predicted octanol–water partition coefficient (Wildman–Crippen LogP) is 1.29. The molecule has 1 aromatic heterocycles. The summed E-state index contributed by atoms with van der Waals surface area (Å²) in [5.41, 5.74) is 0.325. The van der Waals surface area contributed by atoms with E-state index >= 15 is 0 Å². The van der Waals surface area contributed by atoms with Crippen LogP contribution >= 0.6 is 0 Å². The molecule has 0 amide bonds. The predicted molar refractivity (Wildman–Crippen MR) is 76.9 cm³/mol. The fraction of sp³-hybridized carbons (Fsp3) is 0.714. The molecule has 1 aliphatic heterocycles. The maximum absolute atomic E-state index is 12.4. The molecule has 0 aliphatic carbocycles. The van der Waals surface area contributed by atoms with Gasteiger partial charge in [-0.3, -0.25) is 13.9 Å². The van der Waals surface area contributed by atoms with Gasteiger partial charge in [-0.2, -0.15) is 0 Å². The molecular weight excluding hydrogens is 242 g/mol. The van der Waals surface area contributed by atoms with Crippen LogP contribution in [0.15, 0.2) is 15.8 Å². The summed E-state index contributed by atoms with van der Waals surface area (Å²) in [6.45, 7) is 8.84. The van der Waals surface area contributed by atoms with E-state index in [4.69, 9.17) is 0 Å². The summed E-state index contributed by atoms with van der Waals surface area (Å²) < 4.78 is 2.95. The maximum atomic E-state index is 12.4. The van der Waals surface area contributed by atoms with Crippen molar-refractivity contribution in [2.45, 2.75) is 46.7 Å². The summed E-state index contributed by atoms with van der Waals surface area (Å²) in [5, 5.41) is 0. The van der Waals surface area contributed by atoms with E-state index in [0.29, 0.717) is 18.8 Å². The van der Waals surface area contributed by atoms with E-state index in [2.05, 4.69) is 11.8 Å². The van der Waals surface area contributed by atoms with Crippen molar-refractivity contribution in [3.05, 3.63) is 27.0 Å². The average Bonchev–Trinajstić information content (AvgIpc) is 2.41. The first-order valence-electron chi connectivity index (χ1n) is 7.17. The number of nitrogens with zero attached hydrogens (tertiary/aromatic N) is 3. The lowest BCUT2D eigenvalue weighted by Crippen LogP contribution is -2.44. The van der Waals surface area contributed by atoms with Crippen LogP contribution in [0.25, 0.3) is 0 Å². The normalized spacial score (nSPS) is 16.9. The molecule has 0 aromatic carbocycles. The summed E-state index contributed by atoms with van der Waals surface area (Å²) in [7, 11) is 0. The third-order valence-electron chi connectivity index (χ3n) is 4.00. The molecule has 5 nitrogen and oxygen atoms in total. The Bertz CT molecular complexity index is 551. The number of hydrogen-bond donors (Lipinski definition) is 0. The van der Waals surface area contributed by atoms with E-state index in [0.717, 1.165) is 31.8 Å². The third-order valence-corrected chi connectivity index (χ3v) is 4.00. The van der Waals surface area contributed by atoms with Crippen LogP contribution in [0.3, 0.4) is 0 Å². The van der Waals surface area contributed by atoms with E-state index in [1.54, 1.807) is 10.8 Å². The lowest BCUT2D eigenvalue weighted by atomic mass is 9.99. The summed E-state index contributed by atoms with van der Waals surface area (Å²) in [6.07, 6.45) is 3.94. The highest BCUT2D eigenvalue weighted by Crippen LogP contribution is 2.19. The van der Waals surface area contributed by atoms with Gasteiger partial charge in [-0.1, -0.05) is 6.92 Å². The topological polar surface area (TPSA) is 47.2 Å². The van der Waals surface area contributed by atoms with Crippen molar-refractivity contribution in [3.63, 3.8) is 0 Å². The molecule has 0 N–H and O–H groups in total. The highest BCUT2D eigenvalue weighted by atomic mass is 16.2. The molecule has 1 aromatic rings. The van der Waals surface area contributed by atoms with Crippen LogP contribution in [-0.2, 0) is 13.1 Å². The zero-order valence-electron chi connectivity index (χ0n) is 12.1. The Morgan fingerprint density at radius 1 is 1.16 bits per heavy atom. The van der Waals surface area contributed by atoms with Crippen molar-refractivity contribution in [1.29, 1.82) is 0 Å². The van der Waals surface area contributed by atoms with Gasteiger partial charge >= 0.3 is 5.69 Å². The quantitative estimate of drug-likeness (QED) is 0.827. The Morgan fingerprint density at radius 2 is 1.79 bits per heavy atom. The van der Waals surface area contributed by atoms with Crippen LogP contribution in [0.1, 0.15) is 33.6 Å². The standard InChI is InChI=1S/C14H23N3O2/c1-4-15-10-12(13(18)17(5-2)14(15)19)16-8-6-11(3)7-9-16/h10-11H,4-9H2,1-3H3. The molecule has 5 heteroatoms. The summed E-state index contributed by atoms with van der Waals surface area (Å²) in [4.78, 5) is 26.5. The van der Waals surface area contributed by atoms with Gasteiger partial charge in [0.2, 0.25) is 0 Å². The smallest absolute Gasteiger partial charge is 0.331 e. The Balaban J connectivity index is 2.46. The zero-order chi connectivity index (χ0) is 14.0. The highest BCUT2D eigenvalue weighted by Gasteiger charge is 2.20. The molecule has 0 saturated carbocycles. The number of anilines is 1. The molecule has 2 heterocycles. The SMILES string of the molecule is CCn1cc(N2CCC(C)CC2)c(=O)n(CC)c1=O. The number of aromatic nitrogens is 2. The van der Waals surface area contributed by atoms with E-state index in [1.165, 1.54) is 4.57 Å². The Hall–Kier alpha value is -1.52. The van der Waals surface area contributed by atoms with Crippen LogP contribution in [-0.4, -0.2) is 22.2 Å². The average molecular weight is 265 g/mol. The van der Waals surface area contributed by atoms with Crippen LogP contribution in [0, 0.1) is 5.92 Å². The fourth-order valence-electron chi connectivity index (χ4n) is 2.61. The van der Waals surface area contributed by atoms with Crippen molar-refractivity contribution in [2.75, 3.05) is 18.0 Å². The third kappa shape index (κ3) is 2.60. The molecule has 19 heavy (non-hydrogen) atoms. The van der Waals surface area contributed by atoms with Crippen molar-refractivity contribution < 1.29 is 0 Å². The molecule has 106 valence electrons. The Kier molecular flexibility index (Phi) is 4.12. The first-order chi connectivity index (χ1) is 9.08. The fourth-order valence-corrected chi connectivity index (χ4v) is 2.61. The second-order valence-electron chi connectivity index (χ2n) is 5.30. The molecule has 0 atom stereocenters. The van der Waals surface area contributed by atoms with Crippen molar-refractivity contribution >= 4 is 5.69 Å². The molecule has 0 radical (unpaired) electrons. The van der Waals surface area contributed by atoms with Crippen LogP contribution in [0.4, 0.5) is 5.69 Å². The van der Waals surface area contributed by atoms with Crippen molar-refractivity contribution in [3.8, 4) is 0 Å².